The van der Waals surface area contributed by atoms with E-state index >= 15 is 0 Å². The van der Waals surface area contributed by atoms with Crippen molar-refractivity contribution in [1.29, 1.82) is 0 Å². The van der Waals surface area contributed by atoms with Crippen molar-refractivity contribution in [2.24, 2.45) is 0 Å². The number of nitrogens with zero attached hydrogens (tertiary/aromatic N) is 6. The van der Waals surface area contributed by atoms with Crippen molar-refractivity contribution in [3.63, 3.8) is 0 Å². The first kappa shape index (κ1) is 17.5. The maximum absolute atomic E-state index is 12.7. The summed E-state index contributed by atoms with van der Waals surface area (Å²) in [5.41, 5.74) is 3.26. The Bertz CT molecular complexity index is 1210. The predicted octanol–water partition coefficient (Wildman–Crippen LogP) is 2.30. The third-order valence-corrected chi connectivity index (χ3v) is 4.44. The number of aryl methyl sites for hydroxylation is 1. The van der Waals surface area contributed by atoms with E-state index in [9.17, 15) is 14.9 Å². The summed E-state index contributed by atoms with van der Waals surface area (Å²) in [6.07, 6.45) is 1.45. The van der Waals surface area contributed by atoms with Crippen LogP contribution in [0.3, 0.4) is 0 Å². The Morgan fingerprint density at radius 1 is 1.00 bits per heavy atom. The van der Waals surface area contributed by atoms with E-state index in [1.165, 1.54) is 28.6 Å². The molecule has 140 valence electrons. The lowest BCUT2D eigenvalue weighted by molar-refractivity contribution is -0.384. The molecule has 9 heteroatoms. The summed E-state index contributed by atoms with van der Waals surface area (Å²) in [6.45, 7) is 2.73. The molecule has 0 N–H and O–H groups in total. The molecule has 0 spiro atoms. The molecule has 4 aromatic rings. The van der Waals surface area contributed by atoms with Gasteiger partial charge in [-0.1, -0.05) is 47.2 Å². The second kappa shape index (κ2) is 7.03. The number of hydrogen-bond acceptors (Lipinski definition) is 6. The number of hydrogen-bond donors (Lipinski definition) is 0. The van der Waals surface area contributed by atoms with Gasteiger partial charge in [0.1, 0.15) is 6.33 Å². The molecular weight excluding hydrogens is 360 g/mol. The molecule has 0 atom stereocenters. The van der Waals surface area contributed by atoms with E-state index in [1.54, 1.807) is 16.8 Å². The maximum Gasteiger partial charge on any atom is 0.283 e. The molecule has 2 aromatic heterocycles. The number of nitro benzene ring substituents is 1. The Kier molecular flexibility index (Phi) is 4.40. The Balaban J connectivity index is 1.61. The third-order valence-electron chi connectivity index (χ3n) is 4.44. The highest BCUT2D eigenvalue weighted by molar-refractivity contribution is 5.67. The fraction of sp³-hybridized carbons (Fsp3) is 0.158. The first-order chi connectivity index (χ1) is 13.5. The summed E-state index contributed by atoms with van der Waals surface area (Å²) >= 11 is 0. The molecule has 0 aliphatic heterocycles. The molecule has 0 aliphatic rings. The summed E-state index contributed by atoms with van der Waals surface area (Å²) in [5, 5.41) is 18.8. The van der Waals surface area contributed by atoms with Crippen LogP contribution in [0.15, 0.2) is 59.7 Å². The minimum atomic E-state index is -0.462. The van der Waals surface area contributed by atoms with E-state index < -0.39 is 4.92 Å². The van der Waals surface area contributed by atoms with Crippen LogP contribution < -0.4 is 5.56 Å². The normalized spacial score (nSPS) is 11.0. The molecule has 0 saturated carbocycles. The van der Waals surface area contributed by atoms with Crippen LogP contribution in [0.5, 0.6) is 0 Å². The summed E-state index contributed by atoms with van der Waals surface area (Å²) < 4.78 is 3.01. The molecule has 0 fully saturated rings. The molecule has 4 rings (SSSR count). The molecule has 0 radical (unpaired) electrons. The molecule has 2 heterocycles. The van der Waals surface area contributed by atoms with E-state index in [0.717, 1.165) is 11.1 Å². The summed E-state index contributed by atoms with van der Waals surface area (Å²) in [4.78, 5) is 27.3. The van der Waals surface area contributed by atoms with Crippen LogP contribution in [-0.4, -0.2) is 29.5 Å². The van der Waals surface area contributed by atoms with Gasteiger partial charge in [-0.15, -0.1) is 5.10 Å². The number of benzene rings is 2. The van der Waals surface area contributed by atoms with E-state index in [0.29, 0.717) is 12.2 Å². The molecular formula is C19H16N6O3. The lowest BCUT2D eigenvalue weighted by Gasteiger charge is -2.06. The Morgan fingerprint density at radius 3 is 2.32 bits per heavy atom. The first-order valence-corrected chi connectivity index (χ1v) is 8.59. The number of nitro groups is 1. The lowest BCUT2D eigenvalue weighted by Crippen LogP contribution is -2.21. The molecule has 0 amide bonds. The topological polar surface area (TPSA) is 109 Å². The highest BCUT2D eigenvalue weighted by Gasteiger charge is 2.13. The molecule has 0 bridgehead atoms. The molecule has 9 nitrogen and oxygen atoms in total. The van der Waals surface area contributed by atoms with E-state index in [4.69, 9.17) is 0 Å². The summed E-state index contributed by atoms with van der Waals surface area (Å²) in [7, 11) is 0. The van der Waals surface area contributed by atoms with Crippen LogP contribution in [0.4, 0.5) is 5.69 Å². The van der Waals surface area contributed by atoms with Crippen LogP contribution in [0.25, 0.3) is 11.2 Å². The van der Waals surface area contributed by atoms with Gasteiger partial charge in [-0.25, -0.2) is 9.67 Å². The third kappa shape index (κ3) is 3.37. The van der Waals surface area contributed by atoms with Crippen LogP contribution in [0.1, 0.15) is 16.7 Å². The predicted molar refractivity (Wildman–Crippen MR) is 102 cm³/mol. The Morgan fingerprint density at radius 2 is 1.64 bits per heavy atom. The van der Waals surface area contributed by atoms with E-state index in [-0.39, 0.29) is 23.3 Å². The standard InChI is InChI=1S/C19H16N6O3/c1-13-2-4-15(5-3-13)11-24-18-17(21-22-24)19(26)23(12-20-18)10-14-6-8-16(9-7-14)25(27)28/h2-9,12H,10-11H2,1H3. The van der Waals surface area contributed by atoms with Crippen LogP contribution >= 0.6 is 0 Å². The van der Waals surface area contributed by atoms with Crippen molar-refractivity contribution < 1.29 is 4.92 Å². The van der Waals surface area contributed by atoms with Gasteiger partial charge < -0.3 is 0 Å². The molecule has 0 unspecified atom stereocenters. The van der Waals surface area contributed by atoms with Gasteiger partial charge in [-0.2, -0.15) is 0 Å². The van der Waals surface area contributed by atoms with Crippen molar-refractivity contribution in [3.05, 3.63) is 92.0 Å². The van der Waals surface area contributed by atoms with Crippen molar-refractivity contribution in [3.8, 4) is 0 Å². The summed E-state index contributed by atoms with van der Waals surface area (Å²) in [5.74, 6) is 0. The minimum Gasteiger partial charge on any atom is -0.293 e. The van der Waals surface area contributed by atoms with Crippen LogP contribution in [0.2, 0.25) is 0 Å². The van der Waals surface area contributed by atoms with Gasteiger partial charge in [-0.3, -0.25) is 19.5 Å². The quantitative estimate of drug-likeness (QED) is 0.390. The van der Waals surface area contributed by atoms with Crippen molar-refractivity contribution in [2.75, 3.05) is 0 Å². The number of aromatic nitrogens is 5. The van der Waals surface area contributed by atoms with Crippen LogP contribution in [-0.2, 0) is 13.1 Å². The van der Waals surface area contributed by atoms with Crippen molar-refractivity contribution in [2.45, 2.75) is 20.0 Å². The van der Waals surface area contributed by atoms with Crippen molar-refractivity contribution >= 4 is 16.9 Å². The van der Waals surface area contributed by atoms with Gasteiger partial charge in [0.15, 0.2) is 11.2 Å². The SMILES string of the molecule is Cc1ccc(Cn2nnc3c(=O)n(Cc4ccc([N+](=O)[O-])cc4)cnc32)cc1. The first-order valence-electron chi connectivity index (χ1n) is 8.59. The highest BCUT2D eigenvalue weighted by atomic mass is 16.6. The maximum atomic E-state index is 12.7. The second-order valence-electron chi connectivity index (χ2n) is 6.51. The number of fused-ring (bicyclic) bond motifs is 1. The molecule has 0 saturated heterocycles. The molecule has 0 aliphatic carbocycles. The minimum absolute atomic E-state index is 0.00345. The average molecular weight is 376 g/mol. The van der Waals surface area contributed by atoms with Crippen molar-refractivity contribution in [1.82, 2.24) is 24.5 Å². The Hall–Kier alpha value is -3.88. The van der Waals surface area contributed by atoms with Gasteiger partial charge >= 0.3 is 0 Å². The van der Waals surface area contributed by atoms with Crippen LogP contribution in [0, 0.1) is 17.0 Å². The second-order valence-corrected chi connectivity index (χ2v) is 6.51. The van der Waals surface area contributed by atoms with Gasteiger partial charge in [0, 0.05) is 12.1 Å². The molecule has 2 aromatic carbocycles. The molecule has 28 heavy (non-hydrogen) atoms. The lowest BCUT2D eigenvalue weighted by atomic mass is 10.1. The fourth-order valence-corrected chi connectivity index (χ4v) is 2.89. The fourth-order valence-electron chi connectivity index (χ4n) is 2.89. The van der Waals surface area contributed by atoms with Gasteiger partial charge in [-0.05, 0) is 18.1 Å². The smallest absolute Gasteiger partial charge is 0.283 e. The van der Waals surface area contributed by atoms with Gasteiger partial charge in [0.25, 0.3) is 11.2 Å². The number of non-ortho nitro benzene ring substituents is 1. The zero-order valence-corrected chi connectivity index (χ0v) is 15.0. The monoisotopic (exact) mass is 376 g/mol. The Labute approximate surface area is 159 Å². The van der Waals surface area contributed by atoms with E-state index in [2.05, 4.69) is 15.3 Å². The zero-order chi connectivity index (χ0) is 19.7. The van der Waals surface area contributed by atoms with Gasteiger partial charge in [0.2, 0.25) is 0 Å². The number of rotatable bonds is 5. The largest absolute Gasteiger partial charge is 0.293 e. The zero-order valence-electron chi connectivity index (χ0n) is 15.0. The van der Waals surface area contributed by atoms with Gasteiger partial charge in [0.05, 0.1) is 18.0 Å². The summed E-state index contributed by atoms with van der Waals surface area (Å²) in [6, 6.07) is 14.1. The average Bonchev–Trinajstić information content (AvgIpc) is 3.10. The highest BCUT2D eigenvalue weighted by Crippen LogP contribution is 2.13. The van der Waals surface area contributed by atoms with E-state index in [1.807, 2.05) is 31.2 Å².